The van der Waals surface area contributed by atoms with E-state index in [1.807, 2.05) is 60.3 Å². The van der Waals surface area contributed by atoms with Crippen molar-refractivity contribution in [3.05, 3.63) is 59.9 Å². The molecule has 0 aliphatic heterocycles. The number of aromatic nitrogens is 1. The maximum absolute atomic E-state index is 11.0. The van der Waals surface area contributed by atoms with Crippen LogP contribution >= 0.6 is 0 Å². The number of hydrogen-bond donors (Lipinski definition) is 1. The molecule has 17 heavy (non-hydrogen) atoms. The van der Waals surface area contributed by atoms with E-state index < -0.39 is 5.97 Å². The van der Waals surface area contributed by atoms with E-state index in [1.165, 1.54) is 0 Å². The minimum Gasteiger partial charge on any atom is -0.481 e. The molecule has 0 spiro atoms. The van der Waals surface area contributed by atoms with Gasteiger partial charge in [0.2, 0.25) is 0 Å². The van der Waals surface area contributed by atoms with Gasteiger partial charge in [-0.3, -0.25) is 4.79 Å². The smallest absolute Gasteiger partial charge is 0.304 e. The van der Waals surface area contributed by atoms with Gasteiger partial charge in [0.25, 0.3) is 0 Å². The van der Waals surface area contributed by atoms with E-state index in [0.717, 1.165) is 11.3 Å². The standard InChI is InChI=1S/C14H15NO2/c1-15-9-5-8-13(15)12(10-14(16)17)11-6-3-2-4-7-11/h2-9,12H,10H2,1H3,(H,16,17). The van der Waals surface area contributed by atoms with Crippen LogP contribution in [-0.2, 0) is 11.8 Å². The fourth-order valence-corrected chi connectivity index (χ4v) is 2.09. The number of carboxylic acids is 1. The normalized spacial score (nSPS) is 12.3. The largest absolute Gasteiger partial charge is 0.481 e. The maximum Gasteiger partial charge on any atom is 0.304 e. The molecule has 0 saturated carbocycles. The predicted octanol–water partition coefficient (Wildman–Crippen LogP) is 2.63. The molecule has 1 aromatic carbocycles. The molecule has 1 unspecified atom stereocenters. The number of carbonyl (C=O) groups is 1. The number of aryl methyl sites for hydroxylation is 1. The van der Waals surface area contributed by atoms with Crippen LogP contribution in [0.25, 0.3) is 0 Å². The van der Waals surface area contributed by atoms with Crippen LogP contribution in [0, 0.1) is 0 Å². The highest BCUT2D eigenvalue weighted by atomic mass is 16.4. The average molecular weight is 229 g/mol. The maximum atomic E-state index is 11.0. The minimum absolute atomic E-state index is 0.0892. The first-order valence-corrected chi connectivity index (χ1v) is 5.56. The summed E-state index contributed by atoms with van der Waals surface area (Å²) in [4.78, 5) is 11.0. The highest BCUT2D eigenvalue weighted by Gasteiger charge is 2.19. The van der Waals surface area contributed by atoms with Crippen LogP contribution in [0.5, 0.6) is 0 Å². The molecule has 1 aromatic heterocycles. The Balaban J connectivity index is 2.39. The average Bonchev–Trinajstić information content (AvgIpc) is 2.73. The second-order valence-electron chi connectivity index (χ2n) is 4.11. The van der Waals surface area contributed by atoms with Gasteiger partial charge in [0.1, 0.15) is 0 Å². The Morgan fingerprint density at radius 2 is 1.94 bits per heavy atom. The predicted molar refractivity (Wildman–Crippen MR) is 66.0 cm³/mol. The number of nitrogens with zero attached hydrogens (tertiary/aromatic N) is 1. The van der Waals surface area contributed by atoms with Crippen molar-refractivity contribution >= 4 is 5.97 Å². The monoisotopic (exact) mass is 229 g/mol. The van der Waals surface area contributed by atoms with Crippen LogP contribution in [0.3, 0.4) is 0 Å². The third kappa shape index (κ3) is 2.56. The Labute approximate surface area is 100 Å². The summed E-state index contributed by atoms with van der Waals surface area (Å²) in [5.41, 5.74) is 2.07. The van der Waals surface area contributed by atoms with Crippen LogP contribution < -0.4 is 0 Å². The zero-order valence-corrected chi connectivity index (χ0v) is 9.71. The van der Waals surface area contributed by atoms with Gasteiger partial charge in [-0.2, -0.15) is 0 Å². The van der Waals surface area contributed by atoms with Crippen molar-refractivity contribution in [2.75, 3.05) is 0 Å². The first-order valence-electron chi connectivity index (χ1n) is 5.56. The molecule has 2 aromatic rings. The molecule has 0 radical (unpaired) electrons. The number of benzene rings is 1. The molecule has 0 bridgehead atoms. The second-order valence-corrected chi connectivity index (χ2v) is 4.11. The van der Waals surface area contributed by atoms with Crippen molar-refractivity contribution in [1.29, 1.82) is 0 Å². The first kappa shape index (κ1) is 11.5. The summed E-state index contributed by atoms with van der Waals surface area (Å²) in [7, 11) is 1.94. The van der Waals surface area contributed by atoms with Gasteiger partial charge in [0.05, 0.1) is 6.42 Å². The lowest BCUT2D eigenvalue weighted by Crippen LogP contribution is -2.11. The van der Waals surface area contributed by atoms with E-state index in [-0.39, 0.29) is 12.3 Å². The molecule has 1 atom stereocenters. The van der Waals surface area contributed by atoms with Gasteiger partial charge in [-0.15, -0.1) is 0 Å². The number of carboxylic acid groups (broad SMARTS) is 1. The Morgan fingerprint density at radius 1 is 1.24 bits per heavy atom. The molecule has 0 fully saturated rings. The van der Waals surface area contributed by atoms with E-state index in [1.54, 1.807) is 0 Å². The summed E-state index contributed by atoms with van der Waals surface area (Å²) >= 11 is 0. The van der Waals surface area contributed by atoms with E-state index in [2.05, 4.69) is 0 Å². The van der Waals surface area contributed by atoms with Crippen LogP contribution in [0.2, 0.25) is 0 Å². The third-order valence-corrected chi connectivity index (χ3v) is 2.92. The van der Waals surface area contributed by atoms with E-state index in [4.69, 9.17) is 5.11 Å². The van der Waals surface area contributed by atoms with Gasteiger partial charge in [-0.25, -0.2) is 0 Å². The summed E-state index contributed by atoms with van der Waals surface area (Å²) < 4.78 is 1.97. The highest BCUT2D eigenvalue weighted by molar-refractivity contribution is 5.68. The van der Waals surface area contributed by atoms with Crippen molar-refractivity contribution in [3.8, 4) is 0 Å². The SMILES string of the molecule is Cn1cccc1C(CC(=O)O)c1ccccc1. The van der Waals surface area contributed by atoms with Gasteiger partial charge in [0.15, 0.2) is 0 Å². The lowest BCUT2D eigenvalue weighted by molar-refractivity contribution is -0.137. The van der Waals surface area contributed by atoms with Crippen molar-refractivity contribution in [1.82, 2.24) is 4.57 Å². The first-order chi connectivity index (χ1) is 8.18. The summed E-state index contributed by atoms with van der Waals surface area (Å²) in [5.74, 6) is -0.867. The fraction of sp³-hybridized carbons (Fsp3) is 0.214. The summed E-state index contributed by atoms with van der Waals surface area (Å²) in [6.45, 7) is 0. The van der Waals surface area contributed by atoms with Gasteiger partial charge >= 0.3 is 5.97 Å². The van der Waals surface area contributed by atoms with Crippen molar-refractivity contribution in [3.63, 3.8) is 0 Å². The van der Waals surface area contributed by atoms with E-state index >= 15 is 0 Å². The van der Waals surface area contributed by atoms with Gasteiger partial charge in [-0.05, 0) is 17.7 Å². The number of hydrogen-bond acceptors (Lipinski definition) is 1. The molecular weight excluding hydrogens is 214 g/mol. The van der Waals surface area contributed by atoms with Crippen molar-refractivity contribution in [2.24, 2.45) is 7.05 Å². The molecule has 3 heteroatoms. The topological polar surface area (TPSA) is 42.2 Å². The molecule has 0 amide bonds. The molecule has 3 nitrogen and oxygen atoms in total. The quantitative estimate of drug-likeness (QED) is 0.875. The lowest BCUT2D eigenvalue weighted by atomic mass is 9.92. The van der Waals surface area contributed by atoms with Gasteiger partial charge in [-0.1, -0.05) is 30.3 Å². The van der Waals surface area contributed by atoms with Crippen LogP contribution in [0.4, 0.5) is 0 Å². The molecule has 0 saturated heterocycles. The number of aliphatic carboxylic acids is 1. The zero-order chi connectivity index (χ0) is 12.3. The number of rotatable bonds is 4. The van der Waals surface area contributed by atoms with Crippen molar-refractivity contribution < 1.29 is 9.90 Å². The molecular formula is C14H15NO2. The van der Waals surface area contributed by atoms with Crippen LogP contribution in [0.15, 0.2) is 48.7 Å². The molecule has 1 N–H and O–H groups in total. The van der Waals surface area contributed by atoms with E-state index in [0.29, 0.717) is 0 Å². The summed E-state index contributed by atoms with van der Waals surface area (Å²) in [6, 6.07) is 13.7. The summed E-state index contributed by atoms with van der Waals surface area (Å²) in [5, 5.41) is 9.03. The van der Waals surface area contributed by atoms with Crippen molar-refractivity contribution in [2.45, 2.75) is 12.3 Å². The van der Waals surface area contributed by atoms with Crippen LogP contribution in [0.1, 0.15) is 23.6 Å². The Hall–Kier alpha value is -2.03. The Morgan fingerprint density at radius 3 is 2.47 bits per heavy atom. The molecule has 0 aliphatic rings. The van der Waals surface area contributed by atoms with Gasteiger partial charge < -0.3 is 9.67 Å². The summed E-state index contributed by atoms with van der Waals surface area (Å²) in [6.07, 6.45) is 2.05. The zero-order valence-electron chi connectivity index (χ0n) is 9.71. The van der Waals surface area contributed by atoms with Gasteiger partial charge in [0, 0.05) is 24.9 Å². The lowest BCUT2D eigenvalue weighted by Gasteiger charge is -2.16. The second kappa shape index (κ2) is 4.87. The highest BCUT2D eigenvalue weighted by Crippen LogP contribution is 2.27. The van der Waals surface area contributed by atoms with E-state index in [9.17, 15) is 4.79 Å². The van der Waals surface area contributed by atoms with Crippen LogP contribution in [-0.4, -0.2) is 15.6 Å². The molecule has 0 aliphatic carbocycles. The molecule has 88 valence electrons. The Kier molecular flexibility index (Phi) is 3.28. The Bertz CT molecular complexity index is 502. The molecule has 1 heterocycles. The minimum atomic E-state index is -0.778. The molecule has 2 rings (SSSR count). The third-order valence-electron chi connectivity index (χ3n) is 2.92. The fourth-order valence-electron chi connectivity index (χ4n) is 2.09.